The summed E-state index contributed by atoms with van der Waals surface area (Å²) in [6.07, 6.45) is 5.01. The number of ether oxygens (including phenoxy) is 2. The summed E-state index contributed by atoms with van der Waals surface area (Å²) in [6.45, 7) is 4.21. The highest BCUT2D eigenvalue weighted by Crippen LogP contribution is 2.26. The summed E-state index contributed by atoms with van der Waals surface area (Å²) < 4.78 is 38.8. The molecule has 1 amide bonds. The second-order valence-electron chi connectivity index (χ2n) is 8.37. The fraction of sp³-hybridized carbons (Fsp3) is 0.458. The van der Waals surface area contributed by atoms with Crippen molar-refractivity contribution in [1.29, 1.82) is 0 Å². The fourth-order valence-electron chi connectivity index (χ4n) is 4.01. The van der Waals surface area contributed by atoms with Crippen molar-refractivity contribution in [2.75, 3.05) is 31.6 Å². The molecule has 2 aromatic carbocycles. The minimum Gasteiger partial charge on any atom is -0.491 e. The van der Waals surface area contributed by atoms with Gasteiger partial charge in [0.1, 0.15) is 12.4 Å². The summed E-state index contributed by atoms with van der Waals surface area (Å²) in [5, 5.41) is 2.86. The van der Waals surface area contributed by atoms with Crippen LogP contribution in [0.2, 0.25) is 0 Å². The van der Waals surface area contributed by atoms with Gasteiger partial charge in [-0.05, 0) is 74.6 Å². The third-order valence-corrected chi connectivity index (χ3v) is 7.88. The van der Waals surface area contributed by atoms with Crippen LogP contribution in [-0.2, 0) is 14.8 Å². The Kier molecular flexibility index (Phi) is 7.13. The fourth-order valence-corrected chi connectivity index (χ4v) is 5.56. The maximum atomic E-state index is 13.0. The van der Waals surface area contributed by atoms with Crippen LogP contribution in [0.5, 0.6) is 5.75 Å². The van der Waals surface area contributed by atoms with Crippen molar-refractivity contribution in [2.45, 2.75) is 50.0 Å². The zero-order valence-corrected chi connectivity index (χ0v) is 19.2. The first-order valence-electron chi connectivity index (χ1n) is 11.2. The van der Waals surface area contributed by atoms with Crippen LogP contribution in [0.1, 0.15) is 48.0 Å². The van der Waals surface area contributed by atoms with E-state index in [9.17, 15) is 13.2 Å². The lowest BCUT2D eigenvalue weighted by molar-refractivity contribution is 0.0679. The summed E-state index contributed by atoms with van der Waals surface area (Å²) in [5.41, 5.74) is 1.76. The van der Waals surface area contributed by atoms with Gasteiger partial charge < -0.3 is 14.8 Å². The van der Waals surface area contributed by atoms with Gasteiger partial charge in [0.15, 0.2) is 0 Å². The van der Waals surface area contributed by atoms with E-state index in [1.165, 1.54) is 4.31 Å². The highest BCUT2D eigenvalue weighted by atomic mass is 32.2. The van der Waals surface area contributed by atoms with Gasteiger partial charge in [-0.15, -0.1) is 0 Å². The Hall–Kier alpha value is -2.42. The summed E-state index contributed by atoms with van der Waals surface area (Å²) in [6, 6.07) is 11.8. The number of benzene rings is 2. The third kappa shape index (κ3) is 5.31. The Morgan fingerprint density at radius 1 is 1.09 bits per heavy atom. The number of aryl methyl sites for hydroxylation is 1. The molecule has 8 heteroatoms. The van der Waals surface area contributed by atoms with E-state index in [4.69, 9.17) is 9.47 Å². The molecule has 0 saturated carbocycles. The first kappa shape index (κ1) is 22.8. The predicted octanol–water partition coefficient (Wildman–Crippen LogP) is 3.98. The molecule has 0 aromatic heterocycles. The molecule has 7 nitrogen and oxygen atoms in total. The van der Waals surface area contributed by atoms with Gasteiger partial charge in [0.25, 0.3) is 5.91 Å². The summed E-state index contributed by atoms with van der Waals surface area (Å²) >= 11 is 0. The SMILES string of the molecule is Cc1ccc(S(=O)(=O)N2CCCCC2)cc1NC(=O)c1ccc(OC[C@H]2CCCO2)cc1. The van der Waals surface area contributed by atoms with Gasteiger partial charge in [-0.1, -0.05) is 12.5 Å². The Morgan fingerprint density at radius 3 is 2.53 bits per heavy atom. The Balaban J connectivity index is 1.42. The van der Waals surface area contributed by atoms with E-state index in [1.807, 2.05) is 6.92 Å². The first-order valence-corrected chi connectivity index (χ1v) is 12.6. The van der Waals surface area contributed by atoms with Crippen LogP contribution in [0.3, 0.4) is 0 Å². The molecule has 2 heterocycles. The number of carbonyl (C=O) groups excluding carboxylic acids is 1. The Labute approximate surface area is 189 Å². The molecule has 32 heavy (non-hydrogen) atoms. The number of hydrogen-bond donors (Lipinski definition) is 1. The van der Waals surface area contributed by atoms with E-state index in [1.54, 1.807) is 42.5 Å². The van der Waals surface area contributed by atoms with Crippen molar-refractivity contribution in [2.24, 2.45) is 0 Å². The van der Waals surface area contributed by atoms with Crippen molar-refractivity contribution >= 4 is 21.6 Å². The highest BCUT2D eigenvalue weighted by molar-refractivity contribution is 7.89. The maximum Gasteiger partial charge on any atom is 0.255 e. The van der Waals surface area contributed by atoms with Gasteiger partial charge in [0.2, 0.25) is 10.0 Å². The molecule has 0 aliphatic carbocycles. The second kappa shape index (κ2) is 10.0. The van der Waals surface area contributed by atoms with Crippen LogP contribution in [0, 0.1) is 6.92 Å². The molecule has 2 aromatic rings. The quantitative estimate of drug-likeness (QED) is 0.678. The molecule has 2 aliphatic rings. The minimum absolute atomic E-state index is 0.134. The smallest absolute Gasteiger partial charge is 0.255 e. The third-order valence-electron chi connectivity index (χ3n) is 5.99. The molecule has 0 unspecified atom stereocenters. The number of carbonyl (C=O) groups is 1. The molecule has 0 spiro atoms. The van der Waals surface area contributed by atoms with Crippen LogP contribution in [-0.4, -0.2) is 51.0 Å². The van der Waals surface area contributed by atoms with Crippen LogP contribution in [0.15, 0.2) is 47.4 Å². The van der Waals surface area contributed by atoms with Gasteiger partial charge in [-0.3, -0.25) is 4.79 Å². The van der Waals surface area contributed by atoms with Crippen LogP contribution in [0.25, 0.3) is 0 Å². The number of sulfonamides is 1. The summed E-state index contributed by atoms with van der Waals surface area (Å²) in [5.74, 6) is 0.383. The number of rotatable bonds is 7. The predicted molar refractivity (Wildman–Crippen MR) is 123 cm³/mol. The van der Waals surface area contributed by atoms with Crippen LogP contribution in [0.4, 0.5) is 5.69 Å². The highest BCUT2D eigenvalue weighted by Gasteiger charge is 2.26. The Bertz CT molecular complexity index is 1040. The van der Waals surface area contributed by atoms with E-state index in [0.29, 0.717) is 36.7 Å². The minimum atomic E-state index is -3.57. The molecule has 0 bridgehead atoms. The van der Waals surface area contributed by atoms with Gasteiger partial charge in [-0.2, -0.15) is 4.31 Å². The van der Waals surface area contributed by atoms with Gasteiger partial charge in [0, 0.05) is 30.9 Å². The number of anilines is 1. The van der Waals surface area contributed by atoms with Crippen LogP contribution < -0.4 is 10.1 Å². The maximum absolute atomic E-state index is 13.0. The average Bonchev–Trinajstić information content (AvgIpc) is 3.33. The molecule has 2 saturated heterocycles. The van der Waals surface area contributed by atoms with Crippen molar-refractivity contribution in [1.82, 2.24) is 4.31 Å². The topological polar surface area (TPSA) is 84.9 Å². The molecule has 2 aliphatic heterocycles. The summed E-state index contributed by atoms with van der Waals surface area (Å²) in [7, 11) is -3.57. The van der Waals surface area contributed by atoms with Gasteiger partial charge in [-0.25, -0.2) is 8.42 Å². The number of hydrogen-bond acceptors (Lipinski definition) is 5. The van der Waals surface area contributed by atoms with Crippen molar-refractivity contribution in [3.8, 4) is 5.75 Å². The second-order valence-corrected chi connectivity index (χ2v) is 10.3. The molecule has 1 atom stereocenters. The number of amides is 1. The molecule has 2 fully saturated rings. The average molecular weight is 459 g/mol. The zero-order chi connectivity index (χ0) is 22.6. The first-order chi connectivity index (χ1) is 15.4. The molecule has 0 radical (unpaired) electrons. The number of piperidine rings is 1. The molecule has 4 rings (SSSR count). The monoisotopic (exact) mass is 458 g/mol. The molecule has 1 N–H and O–H groups in total. The van der Waals surface area contributed by atoms with E-state index >= 15 is 0 Å². The number of nitrogens with zero attached hydrogens (tertiary/aromatic N) is 1. The van der Waals surface area contributed by atoms with Crippen LogP contribution >= 0.6 is 0 Å². The summed E-state index contributed by atoms with van der Waals surface area (Å²) in [4.78, 5) is 13.0. The van der Waals surface area contributed by atoms with E-state index < -0.39 is 10.0 Å². The van der Waals surface area contributed by atoms with Gasteiger partial charge in [0.05, 0.1) is 11.0 Å². The molecular formula is C24H30N2O5S. The van der Waals surface area contributed by atoms with Crippen molar-refractivity contribution < 1.29 is 22.7 Å². The van der Waals surface area contributed by atoms with Crippen molar-refractivity contribution in [3.63, 3.8) is 0 Å². The van der Waals surface area contributed by atoms with E-state index in [-0.39, 0.29) is 16.9 Å². The normalized spacial score (nSPS) is 19.6. The number of nitrogens with one attached hydrogen (secondary N) is 1. The standard InChI is InChI=1S/C24H30N2O5S/c1-18-7-12-22(32(28,29)26-13-3-2-4-14-26)16-23(18)25-24(27)19-8-10-20(11-9-19)31-17-21-6-5-15-30-21/h7-12,16,21H,2-6,13-15,17H2,1H3,(H,25,27)/t21-/m1/s1. The van der Waals surface area contributed by atoms with E-state index in [2.05, 4.69) is 5.32 Å². The molecular weight excluding hydrogens is 428 g/mol. The Morgan fingerprint density at radius 2 is 1.84 bits per heavy atom. The molecule has 172 valence electrons. The van der Waals surface area contributed by atoms with Crippen molar-refractivity contribution in [3.05, 3.63) is 53.6 Å². The lowest BCUT2D eigenvalue weighted by Crippen LogP contribution is -2.35. The lowest BCUT2D eigenvalue weighted by Gasteiger charge is -2.26. The lowest BCUT2D eigenvalue weighted by atomic mass is 10.1. The largest absolute Gasteiger partial charge is 0.491 e. The van der Waals surface area contributed by atoms with Gasteiger partial charge >= 0.3 is 0 Å². The zero-order valence-electron chi connectivity index (χ0n) is 18.4. The van der Waals surface area contributed by atoms with E-state index in [0.717, 1.165) is 44.3 Å².